The number of aryl methyl sites for hydroxylation is 2. The molecule has 9 nitrogen and oxygen atoms in total. The van der Waals surface area contributed by atoms with E-state index in [1.54, 1.807) is 12.1 Å². The van der Waals surface area contributed by atoms with Gasteiger partial charge in [0.25, 0.3) is 11.7 Å². The number of nitrogens with two attached hydrogens (primary N) is 1. The van der Waals surface area contributed by atoms with E-state index in [-0.39, 0.29) is 12.4 Å². The molecular formula is C19H20Cl2N6O3. The Labute approximate surface area is 182 Å². The number of anilines is 2. The molecular weight excluding hydrogens is 431 g/mol. The normalized spacial score (nSPS) is 12.0. The summed E-state index contributed by atoms with van der Waals surface area (Å²) in [4.78, 5) is 33.0. The summed E-state index contributed by atoms with van der Waals surface area (Å²) in [6.45, 7) is 5.15. The van der Waals surface area contributed by atoms with Crippen LogP contribution in [-0.4, -0.2) is 37.6 Å². The molecule has 0 fully saturated rings. The molecule has 0 aliphatic carbocycles. The van der Waals surface area contributed by atoms with Crippen molar-refractivity contribution in [1.82, 2.24) is 19.6 Å². The molecule has 0 radical (unpaired) electrons. The highest BCUT2D eigenvalue weighted by Crippen LogP contribution is 2.25. The van der Waals surface area contributed by atoms with Crippen LogP contribution in [0, 0.1) is 13.8 Å². The lowest BCUT2D eigenvalue weighted by Crippen LogP contribution is -2.30. The highest BCUT2D eigenvalue weighted by Gasteiger charge is 2.20. The summed E-state index contributed by atoms with van der Waals surface area (Å²) < 4.78 is 6.78. The van der Waals surface area contributed by atoms with Crippen molar-refractivity contribution in [2.75, 3.05) is 11.1 Å². The summed E-state index contributed by atoms with van der Waals surface area (Å²) in [5.41, 5.74) is 8.32. The molecule has 2 aromatic heterocycles. The van der Waals surface area contributed by atoms with Crippen molar-refractivity contribution in [2.45, 2.75) is 39.7 Å². The highest BCUT2D eigenvalue weighted by molar-refractivity contribution is 6.35. The maximum atomic E-state index is 12.3. The van der Waals surface area contributed by atoms with Crippen molar-refractivity contribution in [3.63, 3.8) is 0 Å². The first-order valence-corrected chi connectivity index (χ1v) is 9.85. The summed E-state index contributed by atoms with van der Waals surface area (Å²) in [7, 11) is 0. The lowest BCUT2D eigenvalue weighted by atomic mass is 10.1. The predicted octanol–water partition coefficient (Wildman–Crippen LogP) is 3.13. The lowest BCUT2D eigenvalue weighted by Gasteiger charge is -2.15. The van der Waals surface area contributed by atoms with Crippen molar-refractivity contribution in [1.29, 1.82) is 0 Å². The number of esters is 1. The van der Waals surface area contributed by atoms with Crippen LogP contribution in [-0.2, 0) is 20.7 Å². The number of aromatic nitrogens is 4. The first kappa shape index (κ1) is 21.8. The van der Waals surface area contributed by atoms with E-state index >= 15 is 0 Å². The summed E-state index contributed by atoms with van der Waals surface area (Å²) in [6.07, 6.45) is -0.576. The van der Waals surface area contributed by atoms with Crippen molar-refractivity contribution >= 4 is 52.5 Å². The smallest absolute Gasteiger partial charge is 0.306 e. The fourth-order valence-electron chi connectivity index (χ4n) is 2.95. The minimum absolute atomic E-state index is 0.0641. The number of carbonyl (C=O) groups is 2. The van der Waals surface area contributed by atoms with Crippen LogP contribution in [0.1, 0.15) is 30.3 Å². The van der Waals surface area contributed by atoms with E-state index in [9.17, 15) is 9.59 Å². The molecule has 0 spiro atoms. The van der Waals surface area contributed by atoms with Gasteiger partial charge in [0.2, 0.25) is 5.95 Å². The Morgan fingerprint density at radius 1 is 1.27 bits per heavy atom. The Morgan fingerprint density at radius 3 is 2.73 bits per heavy atom. The zero-order valence-electron chi connectivity index (χ0n) is 16.6. The van der Waals surface area contributed by atoms with E-state index in [0.717, 1.165) is 17.0 Å². The second-order valence-corrected chi connectivity index (χ2v) is 7.53. The third kappa shape index (κ3) is 4.80. The molecule has 1 amide bonds. The molecule has 1 atom stereocenters. The molecule has 3 N–H and O–H groups in total. The van der Waals surface area contributed by atoms with Gasteiger partial charge >= 0.3 is 5.97 Å². The van der Waals surface area contributed by atoms with E-state index in [0.29, 0.717) is 27.9 Å². The van der Waals surface area contributed by atoms with Crippen LogP contribution in [0.15, 0.2) is 18.2 Å². The van der Waals surface area contributed by atoms with Gasteiger partial charge in [-0.1, -0.05) is 23.2 Å². The zero-order chi connectivity index (χ0) is 22.0. The molecule has 3 rings (SSSR count). The van der Waals surface area contributed by atoms with Crippen LogP contribution in [0.25, 0.3) is 5.78 Å². The van der Waals surface area contributed by atoms with Crippen LogP contribution in [0.3, 0.4) is 0 Å². The second kappa shape index (κ2) is 8.85. The Balaban J connectivity index is 1.61. The topological polar surface area (TPSA) is 124 Å². The van der Waals surface area contributed by atoms with Gasteiger partial charge in [0.05, 0.1) is 10.7 Å². The molecule has 2 heterocycles. The largest absolute Gasteiger partial charge is 0.453 e. The van der Waals surface area contributed by atoms with E-state index in [2.05, 4.69) is 20.4 Å². The molecule has 158 valence electrons. The standard InChI is InChI=1S/C19H20Cl2N6O3/c1-9-13(10(2)27-19(23-9)25-18(22)26-27)5-7-16(28)30-11(3)17(29)24-15-8-12(20)4-6-14(15)21/h4,6,8,11H,5,7H2,1-3H3,(H2,22,26)(H,24,29)/t11-/m1/s1. The molecule has 1 aromatic carbocycles. The first-order valence-electron chi connectivity index (χ1n) is 9.09. The Kier molecular flexibility index (Phi) is 6.42. The highest BCUT2D eigenvalue weighted by atomic mass is 35.5. The van der Waals surface area contributed by atoms with E-state index in [1.165, 1.54) is 17.5 Å². The van der Waals surface area contributed by atoms with Crippen LogP contribution < -0.4 is 11.1 Å². The lowest BCUT2D eigenvalue weighted by molar-refractivity contribution is -0.153. The average Bonchev–Trinajstić information content (AvgIpc) is 3.04. The SMILES string of the molecule is Cc1nc2nc(N)nn2c(C)c1CCC(=O)O[C@H](C)C(=O)Nc1cc(Cl)ccc1Cl. The quantitative estimate of drug-likeness (QED) is 0.552. The molecule has 0 saturated heterocycles. The molecule has 0 unspecified atom stereocenters. The van der Waals surface area contributed by atoms with Crippen LogP contribution in [0.5, 0.6) is 0 Å². The maximum Gasteiger partial charge on any atom is 0.306 e. The fourth-order valence-corrected chi connectivity index (χ4v) is 3.29. The third-order valence-electron chi connectivity index (χ3n) is 4.51. The molecule has 0 saturated carbocycles. The number of hydrogen-bond donors (Lipinski definition) is 2. The first-order chi connectivity index (χ1) is 14.2. The minimum Gasteiger partial charge on any atom is -0.453 e. The summed E-state index contributed by atoms with van der Waals surface area (Å²) in [6, 6.07) is 4.68. The molecule has 11 heteroatoms. The Bertz CT molecular complexity index is 1130. The number of carbonyl (C=O) groups excluding carboxylic acids is 2. The van der Waals surface area contributed by atoms with Gasteiger partial charge in [0.15, 0.2) is 6.10 Å². The van der Waals surface area contributed by atoms with Crippen molar-refractivity contribution in [3.05, 3.63) is 45.2 Å². The summed E-state index contributed by atoms with van der Waals surface area (Å²) in [5, 5.41) is 7.44. The number of fused-ring (bicyclic) bond motifs is 1. The maximum absolute atomic E-state index is 12.3. The number of halogens is 2. The van der Waals surface area contributed by atoms with Gasteiger partial charge in [-0.3, -0.25) is 9.59 Å². The Morgan fingerprint density at radius 2 is 2.00 bits per heavy atom. The number of nitrogens with zero attached hydrogens (tertiary/aromatic N) is 4. The van der Waals surface area contributed by atoms with Gasteiger partial charge in [-0.15, -0.1) is 5.10 Å². The van der Waals surface area contributed by atoms with Crippen molar-refractivity contribution in [2.24, 2.45) is 0 Å². The van der Waals surface area contributed by atoms with Crippen LogP contribution in [0.4, 0.5) is 11.6 Å². The molecule has 3 aromatic rings. The van der Waals surface area contributed by atoms with Crippen molar-refractivity contribution < 1.29 is 14.3 Å². The number of amides is 1. The Hall–Kier alpha value is -2.91. The second-order valence-electron chi connectivity index (χ2n) is 6.69. The molecule has 30 heavy (non-hydrogen) atoms. The number of nitrogens with one attached hydrogen (secondary N) is 1. The fraction of sp³-hybridized carbons (Fsp3) is 0.316. The predicted molar refractivity (Wildman–Crippen MR) is 114 cm³/mol. The number of rotatable bonds is 6. The van der Waals surface area contributed by atoms with Crippen molar-refractivity contribution in [3.8, 4) is 0 Å². The number of hydrogen-bond acceptors (Lipinski definition) is 7. The van der Waals surface area contributed by atoms with E-state index in [4.69, 9.17) is 33.7 Å². The number of ether oxygens (including phenoxy) is 1. The van der Waals surface area contributed by atoms with Gasteiger partial charge in [0, 0.05) is 22.8 Å². The van der Waals surface area contributed by atoms with Crippen LogP contribution in [0.2, 0.25) is 10.0 Å². The van der Waals surface area contributed by atoms with Gasteiger partial charge in [-0.05, 0) is 51.0 Å². The van der Waals surface area contributed by atoms with Gasteiger partial charge < -0.3 is 15.8 Å². The van der Waals surface area contributed by atoms with Crippen LogP contribution >= 0.6 is 23.2 Å². The third-order valence-corrected chi connectivity index (χ3v) is 5.07. The van der Waals surface area contributed by atoms with Gasteiger partial charge in [0.1, 0.15) is 0 Å². The molecule has 0 aliphatic rings. The van der Waals surface area contributed by atoms with E-state index < -0.39 is 18.0 Å². The zero-order valence-corrected chi connectivity index (χ0v) is 18.1. The van der Waals surface area contributed by atoms with E-state index in [1.807, 2.05) is 13.8 Å². The number of benzene rings is 1. The monoisotopic (exact) mass is 450 g/mol. The van der Waals surface area contributed by atoms with Gasteiger partial charge in [-0.25, -0.2) is 4.98 Å². The molecule has 0 aliphatic heterocycles. The minimum atomic E-state index is -1.01. The summed E-state index contributed by atoms with van der Waals surface area (Å²) >= 11 is 11.9. The average molecular weight is 451 g/mol. The number of nitrogen functional groups attached to an aromatic ring is 1. The summed E-state index contributed by atoms with van der Waals surface area (Å²) in [5.74, 6) is -0.507. The van der Waals surface area contributed by atoms with Gasteiger partial charge in [-0.2, -0.15) is 9.50 Å². The molecule has 0 bridgehead atoms.